The lowest BCUT2D eigenvalue weighted by Gasteiger charge is -2.08. The van der Waals surface area contributed by atoms with Crippen molar-refractivity contribution in [1.82, 2.24) is 14.8 Å². The van der Waals surface area contributed by atoms with Crippen LogP contribution in [0.4, 0.5) is 0 Å². The number of hydrogen-bond donors (Lipinski definition) is 1. The summed E-state index contributed by atoms with van der Waals surface area (Å²) in [4.78, 5) is 27.3. The number of pyridine rings is 1. The molecule has 0 atom stereocenters. The van der Waals surface area contributed by atoms with Crippen LogP contribution in [0, 0.1) is 0 Å². The van der Waals surface area contributed by atoms with Crippen molar-refractivity contribution in [3.8, 4) is 0 Å². The van der Waals surface area contributed by atoms with Gasteiger partial charge in [-0.15, -0.1) is 0 Å². The summed E-state index contributed by atoms with van der Waals surface area (Å²) in [5.74, 6) is -1.09. The number of hydrogen-bond acceptors (Lipinski definition) is 4. The maximum absolute atomic E-state index is 12.1. The number of aryl methyl sites for hydroxylation is 2. The standard InChI is InChI=1S/C13H15N3O3/c1-3-8-5-6-9-12(14-8)10(4-2)15-16(13(9)19)7-11(17)18/h5-6H,3-4,7H2,1-2H3,(H,17,18). The Balaban J connectivity index is 2.75. The second-order valence-electron chi connectivity index (χ2n) is 4.21. The number of aliphatic carboxylic acids is 1. The highest BCUT2D eigenvalue weighted by molar-refractivity contribution is 5.80. The third-order valence-electron chi connectivity index (χ3n) is 2.91. The molecule has 0 aliphatic carbocycles. The average molecular weight is 261 g/mol. The summed E-state index contributed by atoms with van der Waals surface area (Å²) in [5, 5.41) is 13.3. The van der Waals surface area contributed by atoms with Crippen LogP contribution >= 0.6 is 0 Å². The van der Waals surface area contributed by atoms with Gasteiger partial charge >= 0.3 is 5.97 Å². The summed E-state index contributed by atoms with van der Waals surface area (Å²) < 4.78 is 0.983. The van der Waals surface area contributed by atoms with E-state index in [0.29, 0.717) is 23.0 Å². The number of carboxylic acid groups (broad SMARTS) is 1. The lowest BCUT2D eigenvalue weighted by Crippen LogP contribution is -2.28. The van der Waals surface area contributed by atoms with E-state index in [1.807, 2.05) is 13.8 Å². The van der Waals surface area contributed by atoms with Crippen LogP contribution in [0.25, 0.3) is 10.9 Å². The molecule has 6 heteroatoms. The Hall–Kier alpha value is -2.24. The van der Waals surface area contributed by atoms with E-state index >= 15 is 0 Å². The van der Waals surface area contributed by atoms with Gasteiger partial charge in [0.2, 0.25) is 0 Å². The molecule has 0 aliphatic rings. The van der Waals surface area contributed by atoms with Crippen LogP contribution in [0.1, 0.15) is 25.2 Å². The molecule has 0 saturated carbocycles. The van der Waals surface area contributed by atoms with Crippen LogP contribution in [-0.2, 0) is 24.2 Å². The molecule has 0 unspecified atom stereocenters. The fraction of sp³-hybridized carbons (Fsp3) is 0.385. The Morgan fingerprint density at radius 3 is 2.63 bits per heavy atom. The first-order valence-corrected chi connectivity index (χ1v) is 6.18. The molecule has 0 saturated heterocycles. The Morgan fingerprint density at radius 1 is 1.32 bits per heavy atom. The van der Waals surface area contributed by atoms with E-state index in [0.717, 1.165) is 16.8 Å². The highest BCUT2D eigenvalue weighted by Crippen LogP contribution is 2.13. The van der Waals surface area contributed by atoms with Gasteiger partial charge in [-0.2, -0.15) is 5.10 Å². The Kier molecular flexibility index (Phi) is 3.59. The molecule has 0 aromatic carbocycles. The van der Waals surface area contributed by atoms with Gasteiger partial charge < -0.3 is 5.11 Å². The molecular formula is C13H15N3O3. The van der Waals surface area contributed by atoms with Gasteiger partial charge in [0.25, 0.3) is 5.56 Å². The molecule has 0 aliphatic heterocycles. The molecule has 2 aromatic rings. The average Bonchev–Trinajstić information content (AvgIpc) is 2.40. The topological polar surface area (TPSA) is 85.1 Å². The van der Waals surface area contributed by atoms with E-state index in [4.69, 9.17) is 5.11 Å². The van der Waals surface area contributed by atoms with Gasteiger partial charge in [-0.25, -0.2) is 4.68 Å². The zero-order valence-corrected chi connectivity index (χ0v) is 10.9. The zero-order chi connectivity index (χ0) is 14.0. The molecular weight excluding hydrogens is 246 g/mol. The molecule has 0 fully saturated rings. The lowest BCUT2D eigenvalue weighted by molar-refractivity contribution is -0.138. The van der Waals surface area contributed by atoms with Gasteiger partial charge in [-0.3, -0.25) is 14.6 Å². The lowest BCUT2D eigenvalue weighted by atomic mass is 10.2. The molecule has 2 rings (SSSR count). The fourth-order valence-electron chi connectivity index (χ4n) is 1.94. The van der Waals surface area contributed by atoms with E-state index in [-0.39, 0.29) is 0 Å². The summed E-state index contributed by atoms with van der Waals surface area (Å²) in [5.41, 5.74) is 1.70. The molecule has 0 spiro atoms. The van der Waals surface area contributed by atoms with Gasteiger partial charge in [-0.1, -0.05) is 13.8 Å². The normalized spacial score (nSPS) is 10.8. The van der Waals surface area contributed by atoms with Crippen LogP contribution < -0.4 is 5.56 Å². The first-order chi connectivity index (χ1) is 9.06. The van der Waals surface area contributed by atoms with E-state index in [1.165, 1.54) is 0 Å². The maximum Gasteiger partial charge on any atom is 0.325 e. The summed E-state index contributed by atoms with van der Waals surface area (Å²) >= 11 is 0. The zero-order valence-electron chi connectivity index (χ0n) is 10.9. The van der Waals surface area contributed by atoms with Crippen LogP contribution in [0.3, 0.4) is 0 Å². The summed E-state index contributed by atoms with van der Waals surface area (Å²) in [7, 11) is 0. The largest absolute Gasteiger partial charge is 0.480 e. The molecule has 2 heterocycles. The smallest absolute Gasteiger partial charge is 0.325 e. The highest BCUT2D eigenvalue weighted by atomic mass is 16.4. The molecule has 100 valence electrons. The molecule has 19 heavy (non-hydrogen) atoms. The van der Waals surface area contributed by atoms with Crippen molar-refractivity contribution in [1.29, 1.82) is 0 Å². The molecule has 6 nitrogen and oxygen atoms in total. The Morgan fingerprint density at radius 2 is 2.05 bits per heavy atom. The minimum atomic E-state index is -1.09. The number of carboxylic acids is 1. The van der Waals surface area contributed by atoms with Crippen LogP contribution in [0.2, 0.25) is 0 Å². The third-order valence-corrected chi connectivity index (χ3v) is 2.91. The minimum Gasteiger partial charge on any atom is -0.480 e. The molecule has 0 radical (unpaired) electrons. The molecule has 0 bridgehead atoms. The summed E-state index contributed by atoms with van der Waals surface area (Å²) in [6, 6.07) is 3.48. The quantitative estimate of drug-likeness (QED) is 0.887. The number of fused-ring (bicyclic) bond motifs is 1. The van der Waals surface area contributed by atoms with Gasteiger partial charge in [0.15, 0.2) is 0 Å². The predicted octanol–water partition coefficient (Wildman–Crippen LogP) is 1.00. The van der Waals surface area contributed by atoms with Gasteiger partial charge in [0.1, 0.15) is 6.54 Å². The van der Waals surface area contributed by atoms with Crippen molar-refractivity contribution in [3.05, 3.63) is 33.9 Å². The van der Waals surface area contributed by atoms with Gasteiger partial charge in [0.05, 0.1) is 16.6 Å². The second kappa shape index (κ2) is 5.17. The number of nitrogens with zero attached hydrogens (tertiary/aromatic N) is 3. The van der Waals surface area contributed by atoms with Crippen LogP contribution in [0.5, 0.6) is 0 Å². The fourth-order valence-corrected chi connectivity index (χ4v) is 1.94. The number of rotatable bonds is 4. The van der Waals surface area contributed by atoms with E-state index < -0.39 is 18.1 Å². The van der Waals surface area contributed by atoms with Crippen molar-refractivity contribution in [3.63, 3.8) is 0 Å². The molecule has 2 aromatic heterocycles. The van der Waals surface area contributed by atoms with E-state index in [2.05, 4.69) is 10.1 Å². The Labute approximate surface area is 109 Å². The molecule has 1 N–H and O–H groups in total. The SMILES string of the molecule is CCc1ccc2c(=O)n(CC(=O)O)nc(CC)c2n1. The summed E-state index contributed by atoms with van der Waals surface area (Å²) in [6.45, 7) is 3.45. The predicted molar refractivity (Wildman–Crippen MR) is 70.2 cm³/mol. The maximum atomic E-state index is 12.1. The number of aromatic nitrogens is 3. The van der Waals surface area contributed by atoms with Crippen molar-refractivity contribution in [2.75, 3.05) is 0 Å². The van der Waals surface area contributed by atoms with Crippen LogP contribution in [-0.4, -0.2) is 25.8 Å². The van der Waals surface area contributed by atoms with E-state index in [9.17, 15) is 9.59 Å². The van der Waals surface area contributed by atoms with Crippen molar-refractivity contribution in [2.45, 2.75) is 33.2 Å². The summed E-state index contributed by atoms with van der Waals surface area (Å²) in [6.07, 6.45) is 1.37. The third kappa shape index (κ3) is 2.47. The van der Waals surface area contributed by atoms with Crippen molar-refractivity contribution < 1.29 is 9.90 Å². The highest BCUT2D eigenvalue weighted by Gasteiger charge is 2.13. The van der Waals surface area contributed by atoms with Gasteiger partial charge in [0, 0.05) is 5.69 Å². The first-order valence-electron chi connectivity index (χ1n) is 6.18. The molecule has 0 amide bonds. The first kappa shape index (κ1) is 13.2. The van der Waals surface area contributed by atoms with Gasteiger partial charge in [-0.05, 0) is 25.0 Å². The Bertz CT molecular complexity index is 691. The number of carbonyl (C=O) groups is 1. The van der Waals surface area contributed by atoms with Crippen molar-refractivity contribution >= 4 is 16.9 Å². The van der Waals surface area contributed by atoms with E-state index in [1.54, 1.807) is 12.1 Å². The minimum absolute atomic E-state index is 0.412. The van der Waals surface area contributed by atoms with Crippen LogP contribution in [0.15, 0.2) is 16.9 Å². The second-order valence-corrected chi connectivity index (χ2v) is 4.21. The van der Waals surface area contributed by atoms with Crippen molar-refractivity contribution in [2.24, 2.45) is 0 Å². The monoisotopic (exact) mass is 261 g/mol.